The Bertz CT molecular complexity index is 1410. The Labute approximate surface area is 315 Å². The SMILES string of the molecule is CC(=O)N1C[C@H](O)C[C@H]1C(=O)N[C@@H](CO)C(=O)N[C@@H](CO)C(=O)N[C@H](C(=O)N[C@H](CCC(N)=O)C(=O)N[C@H](CO)C(=O)N[C@@H](CO)C(=O)O)C1CCCCC1. The van der Waals surface area contributed by atoms with Gasteiger partial charge in [0, 0.05) is 26.3 Å². The quantitative estimate of drug-likeness (QED) is 0.0514. The van der Waals surface area contributed by atoms with Gasteiger partial charge in [-0.25, -0.2) is 4.79 Å². The van der Waals surface area contributed by atoms with Crippen LogP contribution in [0.15, 0.2) is 0 Å². The maximum absolute atomic E-state index is 13.8. The summed E-state index contributed by atoms with van der Waals surface area (Å²) in [6.07, 6.45) is 1.01. The molecule has 310 valence electrons. The molecule has 2 fully saturated rings. The van der Waals surface area contributed by atoms with Gasteiger partial charge in [0.15, 0.2) is 0 Å². The summed E-state index contributed by atoms with van der Waals surface area (Å²) >= 11 is 0. The van der Waals surface area contributed by atoms with Crippen molar-refractivity contribution in [3.05, 3.63) is 0 Å². The first kappa shape index (κ1) is 46.2. The summed E-state index contributed by atoms with van der Waals surface area (Å²) in [4.78, 5) is 115. The third-order valence-electron chi connectivity index (χ3n) is 9.24. The zero-order valence-electron chi connectivity index (χ0n) is 30.3. The van der Waals surface area contributed by atoms with Gasteiger partial charge in [-0.05, 0) is 25.2 Å². The molecule has 2 aliphatic rings. The number of nitrogens with zero attached hydrogens (tertiary/aromatic N) is 1. The zero-order chi connectivity index (χ0) is 41.4. The minimum Gasteiger partial charge on any atom is -0.480 e. The maximum Gasteiger partial charge on any atom is 0.328 e. The summed E-state index contributed by atoms with van der Waals surface area (Å²) in [5.74, 6) is -9.81. The molecule has 14 N–H and O–H groups in total. The van der Waals surface area contributed by atoms with Crippen LogP contribution in [-0.2, 0) is 43.2 Å². The summed E-state index contributed by atoms with van der Waals surface area (Å²) in [6, 6.07) is -11.0. The third kappa shape index (κ3) is 14.0. The largest absolute Gasteiger partial charge is 0.480 e. The van der Waals surface area contributed by atoms with Crippen LogP contribution < -0.4 is 37.6 Å². The lowest BCUT2D eigenvalue weighted by atomic mass is 9.83. The number of aliphatic hydroxyl groups excluding tert-OH is 5. The zero-order valence-corrected chi connectivity index (χ0v) is 30.3. The molecule has 1 aliphatic heterocycles. The molecule has 1 saturated carbocycles. The molecule has 1 aliphatic carbocycles. The van der Waals surface area contributed by atoms with E-state index in [1.54, 1.807) is 0 Å². The molecule has 8 atom stereocenters. The van der Waals surface area contributed by atoms with Gasteiger partial charge in [0.1, 0.15) is 42.3 Å². The number of carbonyl (C=O) groups excluding carboxylic acids is 8. The number of aliphatic hydroxyl groups is 5. The van der Waals surface area contributed by atoms with E-state index in [0.29, 0.717) is 25.7 Å². The molecule has 55 heavy (non-hydrogen) atoms. The van der Waals surface area contributed by atoms with Gasteiger partial charge < -0.3 is 73.2 Å². The minimum absolute atomic E-state index is 0.122. The normalized spacial score (nSPS) is 20.4. The van der Waals surface area contributed by atoms with Crippen molar-refractivity contribution in [3.8, 4) is 0 Å². The second-order valence-electron chi connectivity index (χ2n) is 13.3. The van der Waals surface area contributed by atoms with Crippen molar-refractivity contribution in [1.82, 2.24) is 36.8 Å². The Hall–Kier alpha value is -4.97. The molecule has 0 radical (unpaired) electrons. The predicted octanol–water partition coefficient (Wildman–Crippen LogP) is -7.22. The van der Waals surface area contributed by atoms with E-state index in [1.165, 1.54) is 6.92 Å². The number of hydrogen-bond acceptors (Lipinski definition) is 14. The molecule has 0 aromatic heterocycles. The van der Waals surface area contributed by atoms with Crippen molar-refractivity contribution in [1.29, 1.82) is 0 Å². The van der Waals surface area contributed by atoms with E-state index in [4.69, 9.17) is 10.8 Å². The van der Waals surface area contributed by atoms with E-state index in [2.05, 4.69) is 26.6 Å². The second kappa shape index (κ2) is 22.4. The van der Waals surface area contributed by atoms with Crippen LogP contribution in [0.1, 0.15) is 58.3 Å². The van der Waals surface area contributed by atoms with Crippen LogP contribution >= 0.6 is 0 Å². The van der Waals surface area contributed by atoms with Gasteiger partial charge in [0.25, 0.3) is 0 Å². The van der Waals surface area contributed by atoms with E-state index in [9.17, 15) is 68.7 Å². The van der Waals surface area contributed by atoms with Crippen molar-refractivity contribution >= 4 is 53.2 Å². The van der Waals surface area contributed by atoms with Crippen LogP contribution in [0.25, 0.3) is 0 Å². The van der Waals surface area contributed by atoms with Crippen molar-refractivity contribution in [3.63, 3.8) is 0 Å². The first-order valence-electron chi connectivity index (χ1n) is 17.7. The average molecular weight is 789 g/mol. The van der Waals surface area contributed by atoms with Crippen molar-refractivity contribution in [2.45, 2.75) is 107 Å². The van der Waals surface area contributed by atoms with E-state index in [0.717, 1.165) is 11.3 Å². The Morgan fingerprint density at radius 3 is 1.58 bits per heavy atom. The highest BCUT2D eigenvalue weighted by Crippen LogP contribution is 2.27. The number of carboxylic acid groups (broad SMARTS) is 1. The summed E-state index contributed by atoms with van der Waals surface area (Å²) in [7, 11) is 0. The number of carboxylic acids is 1. The number of carbonyl (C=O) groups is 9. The number of primary amides is 1. The third-order valence-corrected chi connectivity index (χ3v) is 9.24. The van der Waals surface area contributed by atoms with Crippen LogP contribution in [0.4, 0.5) is 0 Å². The standard InChI is InChI=1S/C32H52N8O15/c1-15(45)40-10-17(46)9-23(40)30(52)37-20(12-42)27(49)36-21(13-43)29(51)39-25(16-5-3-2-4-6-16)31(53)34-18(7-8-24(33)47)26(48)35-19(11-41)28(50)38-22(14-44)32(54)55/h16-23,25,41-44,46H,2-14H2,1H3,(H2,33,47)(H,34,53)(H,35,48)(H,36,49)(H,37,52)(H,38,50)(H,39,51)(H,54,55)/t17-,18-,19-,20+,21+,22+,23+,25+/m1/s1. The topological polar surface area (TPSA) is 376 Å². The molecular weight excluding hydrogens is 736 g/mol. The summed E-state index contributed by atoms with van der Waals surface area (Å²) in [5, 5.41) is 71.2. The van der Waals surface area contributed by atoms with Crippen LogP contribution in [0.5, 0.6) is 0 Å². The fourth-order valence-electron chi connectivity index (χ4n) is 6.20. The van der Waals surface area contributed by atoms with Crippen LogP contribution in [-0.4, -0.2) is 170 Å². The monoisotopic (exact) mass is 788 g/mol. The van der Waals surface area contributed by atoms with Gasteiger partial charge in [-0.3, -0.25) is 38.4 Å². The molecule has 23 nitrogen and oxygen atoms in total. The fourth-order valence-corrected chi connectivity index (χ4v) is 6.20. The summed E-state index contributed by atoms with van der Waals surface area (Å²) in [6.45, 7) is -2.96. The second-order valence-corrected chi connectivity index (χ2v) is 13.3. The molecular formula is C32H52N8O15. The van der Waals surface area contributed by atoms with Gasteiger partial charge >= 0.3 is 5.97 Å². The Morgan fingerprint density at radius 2 is 1.11 bits per heavy atom. The Balaban J connectivity index is 2.23. The lowest BCUT2D eigenvalue weighted by Crippen LogP contribution is -2.62. The lowest BCUT2D eigenvalue weighted by molar-refractivity contribution is -0.143. The maximum atomic E-state index is 13.8. The lowest BCUT2D eigenvalue weighted by Gasteiger charge is -2.32. The molecule has 8 amide bonds. The summed E-state index contributed by atoms with van der Waals surface area (Å²) < 4.78 is 0. The highest BCUT2D eigenvalue weighted by atomic mass is 16.4. The van der Waals surface area contributed by atoms with Gasteiger partial charge in [0.05, 0.1) is 32.5 Å². The van der Waals surface area contributed by atoms with Gasteiger partial charge in [-0.15, -0.1) is 0 Å². The molecule has 0 aromatic carbocycles. The molecule has 1 heterocycles. The van der Waals surface area contributed by atoms with Crippen LogP contribution in [0.3, 0.4) is 0 Å². The number of aliphatic carboxylic acids is 1. The van der Waals surface area contributed by atoms with Gasteiger partial charge in [-0.2, -0.15) is 0 Å². The Morgan fingerprint density at radius 1 is 0.655 bits per heavy atom. The van der Waals surface area contributed by atoms with Crippen molar-refractivity contribution < 1.29 is 73.8 Å². The van der Waals surface area contributed by atoms with Gasteiger partial charge in [-0.1, -0.05) is 19.3 Å². The predicted molar refractivity (Wildman–Crippen MR) is 184 cm³/mol. The number of nitrogens with one attached hydrogen (secondary N) is 6. The number of rotatable bonds is 21. The highest BCUT2D eigenvalue weighted by Gasteiger charge is 2.40. The van der Waals surface area contributed by atoms with E-state index < -0.39 is 147 Å². The van der Waals surface area contributed by atoms with Gasteiger partial charge in [0.2, 0.25) is 47.3 Å². The smallest absolute Gasteiger partial charge is 0.328 e. The number of amides is 8. The van der Waals surface area contributed by atoms with Crippen molar-refractivity contribution in [2.24, 2.45) is 11.7 Å². The first-order valence-corrected chi connectivity index (χ1v) is 17.7. The average Bonchev–Trinajstić information content (AvgIpc) is 3.56. The first-order chi connectivity index (χ1) is 26.0. The molecule has 0 aromatic rings. The van der Waals surface area contributed by atoms with E-state index in [1.807, 2.05) is 5.32 Å². The van der Waals surface area contributed by atoms with Crippen molar-refractivity contribution in [2.75, 3.05) is 33.0 Å². The van der Waals surface area contributed by atoms with Crippen LogP contribution in [0.2, 0.25) is 0 Å². The number of hydrogen-bond donors (Lipinski definition) is 13. The number of likely N-dealkylation sites (tertiary alicyclic amines) is 1. The molecule has 0 unspecified atom stereocenters. The molecule has 0 bridgehead atoms. The molecule has 0 spiro atoms. The van der Waals surface area contributed by atoms with Crippen LogP contribution in [0, 0.1) is 5.92 Å². The molecule has 2 rings (SSSR count). The fraction of sp³-hybridized carbons (Fsp3) is 0.719. The highest BCUT2D eigenvalue weighted by molar-refractivity contribution is 5.97. The number of nitrogens with two attached hydrogens (primary N) is 1. The molecule has 23 heteroatoms. The Kier molecular flexibility index (Phi) is 18.8. The van der Waals surface area contributed by atoms with E-state index in [-0.39, 0.29) is 13.0 Å². The number of β-amino-alcohol motifs (C(OH)–C–C–N with tert-alkyl or cyclic N) is 1. The molecule has 1 saturated heterocycles. The summed E-state index contributed by atoms with van der Waals surface area (Å²) in [5.41, 5.74) is 5.24. The van der Waals surface area contributed by atoms with E-state index >= 15 is 0 Å². The minimum atomic E-state index is -1.77.